The minimum Gasteiger partial charge on any atom is -0.494 e. The molecule has 0 aliphatic rings. The molecule has 2 aromatic heterocycles. The van der Waals surface area contributed by atoms with E-state index < -0.39 is 0 Å². The zero-order valence-corrected chi connectivity index (χ0v) is 29.8. The van der Waals surface area contributed by atoms with Crippen molar-refractivity contribution in [2.75, 3.05) is 37.8 Å². The highest BCUT2D eigenvalue weighted by molar-refractivity contribution is 7.30. The molecule has 0 N–H and O–H groups in total. The molecule has 0 fully saturated rings. The Morgan fingerprint density at radius 1 is 0.796 bits per heavy atom. The van der Waals surface area contributed by atoms with Crippen molar-refractivity contribution >= 4 is 71.3 Å². The second kappa shape index (κ2) is 20.8. The van der Waals surface area contributed by atoms with Crippen LogP contribution < -0.4 is 9.64 Å². The number of anilines is 1. The van der Waals surface area contributed by atoms with Gasteiger partial charge in [0, 0.05) is 24.7 Å². The van der Waals surface area contributed by atoms with E-state index in [2.05, 4.69) is 43.8 Å². The van der Waals surface area contributed by atoms with Crippen LogP contribution in [0.5, 0.6) is 5.75 Å². The molecular formula is C36H44N6O5S2. The predicted molar refractivity (Wildman–Crippen MR) is 197 cm³/mol. The highest BCUT2D eigenvalue weighted by atomic mass is 32.1. The monoisotopic (exact) mass is 704 g/mol. The van der Waals surface area contributed by atoms with Crippen molar-refractivity contribution in [3.63, 3.8) is 0 Å². The summed E-state index contributed by atoms with van der Waals surface area (Å²) in [4.78, 5) is 30.0. The molecule has 0 spiro atoms. The zero-order chi connectivity index (χ0) is 34.7. The number of carbonyl (C=O) groups excluding carboxylic acids is 2. The van der Waals surface area contributed by atoms with Gasteiger partial charge in [-0.2, -0.15) is 0 Å². The van der Waals surface area contributed by atoms with E-state index in [4.69, 9.17) is 14.2 Å². The Labute approximate surface area is 295 Å². The fourth-order valence-corrected chi connectivity index (χ4v) is 6.55. The Morgan fingerprint density at radius 3 is 2.10 bits per heavy atom. The van der Waals surface area contributed by atoms with Crippen molar-refractivity contribution in [2.45, 2.75) is 65.2 Å². The maximum atomic E-state index is 11.4. The molecule has 11 nitrogen and oxygen atoms in total. The van der Waals surface area contributed by atoms with E-state index in [1.165, 1.54) is 41.6 Å². The highest BCUT2D eigenvalue weighted by Crippen LogP contribution is 2.39. The van der Waals surface area contributed by atoms with Crippen LogP contribution in [-0.2, 0) is 19.1 Å². The molecule has 0 saturated heterocycles. The number of thiazole rings is 1. The van der Waals surface area contributed by atoms with Gasteiger partial charge in [0.25, 0.3) is 0 Å². The standard InChI is InChI=1S/C36H44N6O5S2/c1-4-33(43)46-24-13-11-9-7-8-10-12-23-45-30-20-16-28(17-21-30)38-40-32-26-31-35(49-32)37-36(48-31)41-39-27-14-18-29(19-15-27)42(6-3)22-25-47-34(44)5-2/h4,14-21,26H,1,5-13,22-25H2,2-3H3. The summed E-state index contributed by atoms with van der Waals surface area (Å²) in [6, 6.07) is 17.4. The molecule has 2 heterocycles. The van der Waals surface area contributed by atoms with Crippen molar-refractivity contribution in [2.24, 2.45) is 20.5 Å². The first-order chi connectivity index (χ1) is 24.0. The molecule has 0 saturated carbocycles. The third kappa shape index (κ3) is 13.1. The van der Waals surface area contributed by atoms with Crippen LogP contribution in [-0.4, -0.2) is 49.8 Å². The number of likely N-dealkylation sites (N-methyl/N-ethyl adjacent to an activating group) is 1. The van der Waals surface area contributed by atoms with Gasteiger partial charge in [0.15, 0.2) is 0 Å². The molecule has 0 bridgehead atoms. The van der Waals surface area contributed by atoms with Crippen LogP contribution in [0.15, 0.2) is 87.7 Å². The van der Waals surface area contributed by atoms with Crippen molar-refractivity contribution in [3.05, 3.63) is 67.3 Å². The topological polar surface area (TPSA) is 127 Å². The summed E-state index contributed by atoms with van der Waals surface area (Å²) >= 11 is 2.92. The molecule has 260 valence electrons. The Bertz CT molecular complexity index is 1640. The molecule has 4 aromatic rings. The Kier molecular flexibility index (Phi) is 15.8. The van der Waals surface area contributed by atoms with Crippen LogP contribution in [0.2, 0.25) is 0 Å². The van der Waals surface area contributed by atoms with E-state index >= 15 is 0 Å². The molecule has 0 unspecified atom stereocenters. The first kappa shape index (κ1) is 37.3. The third-order valence-electron chi connectivity index (χ3n) is 7.39. The van der Waals surface area contributed by atoms with Crippen LogP contribution in [0.3, 0.4) is 0 Å². The smallest absolute Gasteiger partial charge is 0.330 e. The van der Waals surface area contributed by atoms with Gasteiger partial charge in [0.05, 0.1) is 35.8 Å². The number of aromatic nitrogens is 1. The molecule has 0 aliphatic carbocycles. The van der Waals surface area contributed by atoms with Gasteiger partial charge in [-0.05, 0) is 74.4 Å². The first-order valence-corrected chi connectivity index (χ1v) is 18.4. The van der Waals surface area contributed by atoms with Crippen molar-refractivity contribution in [3.8, 4) is 5.75 Å². The number of nitrogens with zero attached hydrogens (tertiary/aromatic N) is 6. The molecular weight excluding hydrogens is 661 g/mol. The minimum absolute atomic E-state index is 0.187. The van der Waals surface area contributed by atoms with Gasteiger partial charge in [-0.15, -0.1) is 20.5 Å². The first-order valence-electron chi connectivity index (χ1n) is 16.7. The van der Waals surface area contributed by atoms with E-state index in [9.17, 15) is 9.59 Å². The summed E-state index contributed by atoms with van der Waals surface area (Å²) in [6.45, 7) is 10.2. The van der Waals surface area contributed by atoms with Crippen LogP contribution >= 0.6 is 22.7 Å². The second-order valence-electron chi connectivity index (χ2n) is 11.0. The zero-order valence-electron chi connectivity index (χ0n) is 28.2. The molecule has 13 heteroatoms. The minimum atomic E-state index is -0.350. The number of unbranched alkanes of at least 4 members (excludes halogenated alkanes) is 6. The molecule has 0 radical (unpaired) electrons. The third-order valence-corrected chi connectivity index (χ3v) is 9.32. The Morgan fingerprint density at radius 2 is 1.45 bits per heavy atom. The van der Waals surface area contributed by atoms with Gasteiger partial charge < -0.3 is 19.1 Å². The molecule has 0 aliphatic heterocycles. The highest BCUT2D eigenvalue weighted by Gasteiger charge is 2.09. The van der Waals surface area contributed by atoms with Gasteiger partial charge in [-0.3, -0.25) is 4.79 Å². The fraction of sp³-hybridized carbons (Fsp3) is 0.417. The van der Waals surface area contributed by atoms with E-state index in [1.807, 2.05) is 54.6 Å². The van der Waals surface area contributed by atoms with Gasteiger partial charge in [0.2, 0.25) is 5.13 Å². The van der Waals surface area contributed by atoms with Gasteiger partial charge in [-0.1, -0.05) is 68.3 Å². The summed E-state index contributed by atoms with van der Waals surface area (Å²) in [5.74, 6) is 0.283. The maximum absolute atomic E-state index is 11.4. The summed E-state index contributed by atoms with van der Waals surface area (Å²) < 4.78 is 17.1. The fourth-order valence-electron chi connectivity index (χ4n) is 4.70. The number of thiophene rings is 1. The number of rotatable bonds is 22. The summed E-state index contributed by atoms with van der Waals surface area (Å²) in [7, 11) is 0. The Balaban J connectivity index is 1.15. The lowest BCUT2D eigenvalue weighted by Gasteiger charge is -2.22. The molecule has 4 rings (SSSR count). The van der Waals surface area contributed by atoms with E-state index in [-0.39, 0.29) is 11.9 Å². The van der Waals surface area contributed by atoms with Crippen molar-refractivity contribution in [1.82, 2.24) is 4.98 Å². The number of hydrogen-bond donors (Lipinski definition) is 0. The van der Waals surface area contributed by atoms with Crippen LogP contribution in [0.1, 0.15) is 65.2 Å². The Hall–Kier alpha value is -4.49. The number of ether oxygens (including phenoxy) is 3. The van der Waals surface area contributed by atoms with Gasteiger partial charge in [-0.25, -0.2) is 9.78 Å². The van der Waals surface area contributed by atoms with E-state index in [0.717, 1.165) is 76.0 Å². The number of benzene rings is 2. The van der Waals surface area contributed by atoms with Gasteiger partial charge in [0.1, 0.15) is 22.2 Å². The summed E-state index contributed by atoms with van der Waals surface area (Å²) in [5, 5.41) is 18.8. The molecule has 0 amide bonds. The largest absolute Gasteiger partial charge is 0.494 e. The summed E-state index contributed by atoms with van der Waals surface area (Å²) in [5.41, 5.74) is 2.51. The average molecular weight is 705 g/mol. The lowest BCUT2D eigenvalue weighted by Crippen LogP contribution is -2.27. The van der Waals surface area contributed by atoms with Gasteiger partial charge >= 0.3 is 11.9 Å². The maximum Gasteiger partial charge on any atom is 0.330 e. The van der Waals surface area contributed by atoms with Crippen molar-refractivity contribution in [1.29, 1.82) is 0 Å². The van der Waals surface area contributed by atoms with E-state index in [1.54, 1.807) is 6.92 Å². The van der Waals surface area contributed by atoms with Crippen LogP contribution in [0.25, 0.3) is 9.53 Å². The van der Waals surface area contributed by atoms with Crippen LogP contribution in [0.4, 0.5) is 27.2 Å². The number of esters is 2. The lowest BCUT2D eigenvalue weighted by atomic mass is 10.1. The second-order valence-corrected chi connectivity index (χ2v) is 13.0. The molecule has 0 atom stereocenters. The average Bonchev–Trinajstić information content (AvgIpc) is 3.70. The number of carbonyl (C=O) groups is 2. The quantitative estimate of drug-likeness (QED) is 0.0345. The number of fused-ring (bicyclic) bond motifs is 1. The van der Waals surface area contributed by atoms with Crippen LogP contribution in [0, 0.1) is 0 Å². The number of hydrogen-bond acceptors (Lipinski definition) is 13. The molecule has 49 heavy (non-hydrogen) atoms. The predicted octanol–water partition coefficient (Wildman–Crippen LogP) is 10.8. The lowest BCUT2D eigenvalue weighted by molar-refractivity contribution is -0.143. The summed E-state index contributed by atoms with van der Waals surface area (Å²) in [6.07, 6.45) is 9.18. The number of azo groups is 2. The van der Waals surface area contributed by atoms with Crippen molar-refractivity contribution < 1.29 is 23.8 Å². The SMILES string of the molecule is C=CC(=O)OCCCCCCCCCOc1ccc(N=Nc2cc3sc(N=Nc4ccc(N(CC)CCOC(=O)CC)cc4)nc3s2)cc1. The van der Waals surface area contributed by atoms with E-state index in [0.29, 0.717) is 37.9 Å². The molecule has 2 aromatic carbocycles. The normalized spacial score (nSPS) is 11.4.